The second-order valence-electron chi connectivity index (χ2n) is 4.20. The highest BCUT2D eigenvalue weighted by molar-refractivity contribution is 5.57. The number of nitrogens with one attached hydrogen (secondary N) is 1. The molecule has 0 bridgehead atoms. The van der Waals surface area contributed by atoms with Crippen molar-refractivity contribution >= 4 is 5.82 Å². The predicted octanol–water partition coefficient (Wildman–Crippen LogP) is 1.68. The molecule has 18 heavy (non-hydrogen) atoms. The van der Waals surface area contributed by atoms with Crippen LogP contribution in [-0.4, -0.2) is 35.4 Å². The largest absolute Gasteiger partial charge is 0.381 e. The van der Waals surface area contributed by atoms with Gasteiger partial charge in [0.05, 0.1) is 6.61 Å². The van der Waals surface area contributed by atoms with Crippen molar-refractivity contribution in [2.45, 2.75) is 12.3 Å². The maximum Gasteiger partial charge on any atom is 0.258 e. The van der Waals surface area contributed by atoms with Gasteiger partial charge in [-0.1, -0.05) is 5.16 Å². The van der Waals surface area contributed by atoms with Crippen LogP contribution in [0, 0.1) is 0 Å². The maximum absolute atomic E-state index is 5.32. The van der Waals surface area contributed by atoms with Crippen LogP contribution >= 0.6 is 0 Å². The zero-order chi connectivity index (χ0) is 12.4. The molecule has 6 heteroatoms. The molecule has 1 aliphatic rings. The van der Waals surface area contributed by atoms with Gasteiger partial charge >= 0.3 is 0 Å². The standard InChI is InChI=1S/C12H14N4O2/c1-13-10-6-8(2-4-14-10)12-15-11(16-18-12)9-3-5-17-7-9/h2,4,6,9H,3,5,7H2,1H3,(H,13,14)/t9-/m1/s1. The average Bonchev–Trinajstić information content (AvgIpc) is 3.09. The quantitative estimate of drug-likeness (QED) is 0.888. The van der Waals surface area contributed by atoms with Gasteiger partial charge in [0, 0.05) is 31.3 Å². The third-order valence-corrected chi connectivity index (χ3v) is 3.00. The van der Waals surface area contributed by atoms with Crippen LogP contribution in [-0.2, 0) is 4.74 Å². The van der Waals surface area contributed by atoms with Gasteiger partial charge in [0.2, 0.25) is 0 Å². The van der Waals surface area contributed by atoms with Crippen molar-refractivity contribution in [1.82, 2.24) is 15.1 Å². The first-order valence-corrected chi connectivity index (χ1v) is 5.92. The van der Waals surface area contributed by atoms with Crippen LogP contribution in [0.25, 0.3) is 11.5 Å². The van der Waals surface area contributed by atoms with Crippen molar-refractivity contribution in [3.8, 4) is 11.5 Å². The summed E-state index contributed by atoms with van der Waals surface area (Å²) < 4.78 is 10.6. The van der Waals surface area contributed by atoms with Gasteiger partial charge < -0.3 is 14.6 Å². The van der Waals surface area contributed by atoms with Crippen LogP contribution in [0.4, 0.5) is 5.82 Å². The summed E-state index contributed by atoms with van der Waals surface area (Å²) >= 11 is 0. The Balaban J connectivity index is 1.87. The minimum Gasteiger partial charge on any atom is -0.381 e. The number of anilines is 1. The fourth-order valence-electron chi connectivity index (χ4n) is 1.96. The van der Waals surface area contributed by atoms with E-state index >= 15 is 0 Å². The van der Waals surface area contributed by atoms with Crippen LogP contribution in [0.15, 0.2) is 22.9 Å². The van der Waals surface area contributed by atoms with Crippen molar-refractivity contribution in [2.24, 2.45) is 0 Å². The molecule has 3 rings (SSSR count). The molecule has 3 heterocycles. The molecular weight excluding hydrogens is 232 g/mol. The van der Waals surface area contributed by atoms with E-state index in [0.29, 0.717) is 12.5 Å². The lowest BCUT2D eigenvalue weighted by atomic mass is 10.1. The Bertz CT molecular complexity index is 534. The SMILES string of the molecule is CNc1cc(-c2nc([C@@H]3CCOC3)no2)ccn1. The summed E-state index contributed by atoms with van der Waals surface area (Å²) in [6.45, 7) is 1.45. The highest BCUT2D eigenvalue weighted by atomic mass is 16.5. The minimum atomic E-state index is 0.258. The van der Waals surface area contributed by atoms with Gasteiger partial charge in [0.25, 0.3) is 5.89 Å². The number of ether oxygens (including phenoxy) is 1. The van der Waals surface area contributed by atoms with E-state index in [0.717, 1.165) is 30.2 Å². The molecule has 0 saturated carbocycles. The van der Waals surface area contributed by atoms with E-state index in [1.54, 1.807) is 6.20 Å². The minimum absolute atomic E-state index is 0.258. The number of pyridine rings is 1. The fraction of sp³-hybridized carbons (Fsp3) is 0.417. The molecule has 1 aliphatic heterocycles. The Hall–Kier alpha value is -1.95. The summed E-state index contributed by atoms with van der Waals surface area (Å²) in [6, 6.07) is 3.73. The zero-order valence-electron chi connectivity index (χ0n) is 10.1. The third kappa shape index (κ3) is 2.06. The van der Waals surface area contributed by atoms with Gasteiger partial charge in [-0.3, -0.25) is 0 Å². The van der Waals surface area contributed by atoms with Crippen molar-refractivity contribution in [3.63, 3.8) is 0 Å². The van der Waals surface area contributed by atoms with Crippen LogP contribution in [0.1, 0.15) is 18.2 Å². The molecule has 1 saturated heterocycles. The Morgan fingerprint density at radius 3 is 3.17 bits per heavy atom. The second-order valence-corrected chi connectivity index (χ2v) is 4.20. The second kappa shape index (κ2) is 4.73. The van der Waals surface area contributed by atoms with Crippen LogP contribution in [0.2, 0.25) is 0 Å². The first-order chi connectivity index (χ1) is 8.86. The van der Waals surface area contributed by atoms with Gasteiger partial charge in [-0.15, -0.1) is 0 Å². The molecule has 2 aromatic rings. The number of rotatable bonds is 3. The fourth-order valence-corrected chi connectivity index (χ4v) is 1.96. The lowest BCUT2D eigenvalue weighted by molar-refractivity contribution is 0.192. The van der Waals surface area contributed by atoms with E-state index in [-0.39, 0.29) is 5.92 Å². The lowest BCUT2D eigenvalue weighted by Gasteiger charge is -1.99. The van der Waals surface area contributed by atoms with Crippen molar-refractivity contribution in [1.29, 1.82) is 0 Å². The smallest absolute Gasteiger partial charge is 0.258 e. The van der Waals surface area contributed by atoms with E-state index in [2.05, 4.69) is 20.4 Å². The third-order valence-electron chi connectivity index (χ3n) is 3.00. The van der Waals surface area contributed by atoms with E-state index in [4.69, 9.17) is 9.26 Å². The molecule has 2 aromatic heterocycles. The summed E-state index contributed by atoms with van der Waals surface area (Å²) in [5.74, 6) is 2.28. The number of hydrogen-bond donors (Lipinski definition) is 1. The van der Waals surface area contributed by atoms with Gasteiger partial charge in [-0.2, -0.15) is 4.98 Å². The molecule has 0 aliphatic carbocycles. The molecule has 1 N–H and O–H groups in total. The number of nitrogens with zero attached hydrogens (tertiary/aromatic N) is 3. The Labute approximate surface area is 104 Å². The summed E-state index contributed by atoms with van der Waals surface area (Å²) in [7, 11) is 1.82. The Morgan fingerprint density at radius 1 is 1.44 bits per heavy atom. The Morgan fingerprint density at radius 2 is 2.39 bits per heavy atom. The summed E-state index contributed by atoms with van der Waals surface area (Å²) in [5.41, 5.74) is 0.868. The molecule has 94 valence electrons. The van der Waals surface area contributed by atoms with E-state index in [1.165, 1.54) is 0 Å². The van der Waals surface area contributed by atoms with Crippen molar-refractivity contribution in [3.05, 3.63) is 24.2 Å². The highest BCUT2D eigenvalue weighted by Crippen LogP contribution is 2.26. The zero-order valence-corrected chi connectivity index (χ0v) is 10.1. The first kappa shape index (κ1) is 11.2. The Kier molecular flexibility index (Phi) is 2.93. The van der Waals surface area contributed by atoms with Crippen molar-refractivity contribution < 1.29 is 9.26 Å². The van der Waals surface area contributed by atoms with Crippen LogP contribution < -0.4 is 5.32 Å². The molecule has 6 nitrogen and oxygen atoms in total. The van der Waals surface area contributed by atoms with Gasteiger partial charge in [0.15, 0.2) is 5.82 Å². The first-order valence-electron chi connectivity index (χ1n) is 5.92. The summed E-state index contributed by atoms with van der Waals surface area (Å²) in [6.07, 6.45) is 2.67. The monoisotopic (exact) mass is 246 g/mol. The summed E-state index contributed by atoms with van der Waals surface area (Å²) in [4.78, 5) is 8.57. The van der Waals surface area contributed by atoms with Crippen LogP contribution in [0.3, 0.4) is 0 Å². The van der Waals surface area contributed by atoms with E-state index in [1.807, 2.05) is 19.2 Å². The van der Waals surface area contributed by atoms with Gasteiger partial charge in [0.1, 0.15) is 5.82 Å². The predicted molar refractivity (Wildman–Crippen MR) is 65.3 cm³/mol. The molecule has 1 atom stereocenters. The average molecular weight is 246 g/mol. The van der Waals surface area contributed by atoms with Crippen molar-refractivity contribution in [2.75, 3.05) is 25.6 Å². The maximum atomic E-state index is 5.32. The molecule has 0 spiro atoms. The highest BCUT2D eigenvalue weighted by Gasteiger charge is 2.23. The number of aromatic nitrogens is 3. The normalized spacial score (nSPS) is 19.1. The summed E-state index contributed by atoms with van der Waals surface area (Å²) in [5, 5.41) is 7.00. The molecule has 0 radical (unpaired) electrons. The van der Waals surface area contributed by atoms with Crippen LogP contribution in [0.5, 0.6) is 0 Å². The molecule has 1 fully saturated rings. The van der Waals surface area contributed by atoms with Gasteiger partial charge in [-0.05, 0) is 18.6 Å². The molecular formula is C12H14N4O2. The molecule has 0 aromatic carbocycles. The lowest BCUT2D eigenvalue weighted by Crippen LogP contribution is -1.99. The molecule has 0 unspecified atom stereocenters. The number of hydrogen-bond acceptors (Lipinski definition) is 6. The van der Waals surface area contributed by atoms with E-state index < -0.39 is 0 Å². The molecule has 0 amide bonds. The topological polar surface area (TPSA) is 73.1 Å². The van der Waals surface area contributed by atoms with E-state index in [9.17, 15) is 0 Å². The van der Waals surface area contributed by atoms with Gasteiger partial charge in [-0.25, -0.2) is 4.98 Å².